The predicted molar refractivity (Wildman–Crippen MR) is 64.6 cm³/mol. The Morgan fingerprint density at radius 1 is 1.35 bits per heavy atom. The zero-order valence-electron chi connectivity index (χ0n) is 10.1. The summed E-state index contributed by atoms with van der Waals surface area (Å²) >= 11 is 0. The monoisotopic (exact) mass is 242 g/mol. The molecule has 0 bridgehead atoms. The lowest BCUT2D eigenvalue weighted by molar-refractivity contribution is -0.114. The number of halogens is 2. The van der Waals surface area contributed by atoms with E-state index in [1.165, 1.54) is 13.8 Å². The highest BCUT2D eigenvalue weighted by atomic mass is 19.3. The Hall–Kier alpha value is -1.65. The van der Waals surface area contributed by atoms with E-state index in [2.05, 4.69) is 10.6 Å². The molecule has 0 aliphatic rings. The fourth-order valence-corrected chi connectivity index (χ4v) is 1.41. The van der Waals surface area contributed by atoms with Crippen LogP contribution in [0.3, 0.4) is 0 Å². The van der Waals surface area contributed by atoms with Crippen LogP contribution >= 0.6 is 0 Å². The van der Waals surface area contributed by atoms with Gasteiger partial charge in [-0.15, -0.1) is 0 Å². The fourth-order valence-electron chi connectivity index (χ4n) is 1.41. The first-order valence-electron chi connectivity index (χ1n) is 5.33. The summed E-state index contributed by atoms with van der Waals surface area (Å²) in [6.45, 7) is 4.65. The number of nitrogens with one attached hydrogen (secondary N) is 2. The third-order valence-electron chi connectivity index (χ3n) is 2.31. The lowest BCUT2D eigenvalue weighted by atomic mass is 10.1. The number of amides is 1. The van der Waals surface area contributed by atoms with Crippen LogP contribution in [0, 0.1) is 6.92 Å². The number of rotatable bonds is 4. The molecule has 0 fully saturated rings. The summed E-state index contributed by atoms with van der Waals surface area (Å²) in [5.74, 6) is -0.158. The van der Waals surface area contributed by atoms with E-state index in [0.29, 0.717) is 11.4 Å². The molecule has 1 amide bonds. The van der Waals surface area contributed by atoms with Crippen molar-refractivity contribution in [1.29, 1.82) is 0 Å². The number of carbonyl (C=O) groups excluding carboxylic acids is 1. The van der Waals surface area contributed by atoms with E-state index in [0.717, 1.165) is 5.56 Å². The molecule has 5 heteroatoms. The van der Waals surface area contributed by atoms with Crippen LogP contribution in [0.1, 0.15) is 19.4 Å². The second kappa shape index (κ2) is 5.61. The number of benzene rings is 1. The average Bonchev–Trinajstić information content (AvgIpc) is 2.21. The Balaban J connectivity index is 2.78. The van der Waals surface area contributed by atoms with Crippen LogP contribution in [0.25, 0.3) is 0 Å². The molecule has 94 valence electrons. The standard InChI is InChI=1S/C12H16F2N2O/c1-7-6-10(15-8(2)12(13)14)4-5-11(7)16-9(3)17/h4-6,8,12,15H,1-3H3,(H,16,17). The number of hydrogen-bond donors (Lipinski definition) is 2. The summed E-state index contributed by atoms with van der Waals surface area (Å²) in [5.41, 5.74) is 2.13. The number of alkyl halides is 2. The summed E-state index contributed by atoms with van der Waals surface area (Å²) in [6.07, 6.45) is -2.41. The summed E-state index contributed by atoms with van der Waals surface area (Å²) in [6, 6.07) is 4.18. The third-order valence-corrected chi connectivity index (χ3v) is 2.31. The van der Waals surface area contributed by atoms with E-state index in [9.17, 15) is 13.6 Å². The largest absolute Gasteiger partial charge is 0.377 e. The van der Waals surface area contributed by atoms with Crippen molar-refractivity contribution in [2.45, 2.75) is 33.2 Å². The Labute approximate surface area is 99.2 Å². The maximum Gasteiger partial charge on any atom is 0.258 e. The van der Waals surface area contributed by atoms with Crippen molar-refractivity contribution in [1.82, 2.24) is 0 Å². The maximum atomic E-state index is 12.3. The molecule has 1 atom stereocenters. The van der Waals surface area contributed by atoms with Gasteiger partial charge in [-0.2, -0.15) is 0 Å². The maximum absolute atomic E-state index is 12.3. The molecule has 0 saturated carbocycles. The highest BCUT2D eigenvalue weighted by Crippen LogP contribution is 2.21. The fraction of sp³-hybridized carbons (Fsp3) is 0.417. The van der Waals surface area contributed by atoms with E-state index in [1.54, 1.807) is 18.2 Å². The Bertz CT molecular complexity index is 407. The van der Waals surface area contributed by atoms with Gasteiger partial charge in [-0.3, -0.25) is 4.79 Å². The summed E-state index contributed by atoms with van der Waals surface area (Å²) in [5, 5.41) is 5.36. The number of carbonyl (C=O) groups is 1. The molecule has 3 nitrogen and oxygen atoms in total. The van der Waals surface area contributed by atoms with Crippen molar-refractivity contribution < 1.29 is 13.6 Å². The van der Waals surface area contributed by atoms with Crippen molar-refractivity contribution in [3.05, 3.63) is 23.8 Å². The van der Waals surface area contributed by atoms with E-state index in [4.69, 9.17) is 0 Å². The van der Waals surface area contributed by atoms with E-state index >= 15 is 0 Å². The first-order valence-corrected chi connectivity index (χ1v) is 5.33. The van der Waals surface area contributed by atoms with Gasteiger partial charge in [-0.25, -0.2) is 8.78 Å². The van der Waals surface area contributed by atoms with Crippen LogP contribution in [-0.4, -0.2) is 18.4 Å². The minimum atomic E-state index is -2.41. The second-order valence-electron chi connectivity index (χ2n) is 3.98. The zero-order chi connectivity index (χ0) is 13.0. The van der Waals surface area contributed by atoms with Gasteiger partial charge in [0.05, 0.1) is 6.04 Å². The smallest absolute Gasteiger partial charge is 0.258 e. The van der Waals surface area contributed by atoms with Gasteiger partial charge in [0.15, 0.2) is 0 Å². The van der Waals surface area contributed by atoms with Crippen LogP contribution in [0.4, 0.5) is 20.2 Å². The van der Waals surface area contributed by atoms with Crippen LogP contribution < -0.4 is 10.6 Å². The topological polar surface area (TPSA) is 41.1 Å². The zero-order valence-corrected chi connectivity index (χ0v) is 10.1. The lowest BCUT2D eigenvalue weighted by Gasteiger charge is -2.15. The first-order chi connectivity index (χ1) is 7.90. The van der Waals surface area contributed by atoms with Gasteiger partial charge >= 0.3 is 0 Å². The molecule has 0 saturated heterocycles. The molecule has 1 aromatic carbocycles. The van der Waals surface area contributed by atoms with Crippen LogP contribution in [0.15, 0.2) is 18.2 Å². The summed E-state index contributed by atoms with van der Waals surface area (Å²) in [7, 11) is 0. The van der Waals surface area contributed by atoms with Crippen LogP contribution in [0.2, 0.25) is 0 Å². The van der Waals surface area contributed by atoms with Gasteiger partial charge in [-0.05, 0) is 37.6 Å². The van der Waals surface area contributed by atoms with Gasteiger partial charge in [-0.1, -0.05) is 0 Å². The minimum absolute atomic E-state index is 0.158. The van der Waals surface area contributed by atoms with Crippen molar-refractivity contribution in [3.63, 3.8) is 0 Å². The molecule has 1 aromatic rings. The second-order valence-corrected chi connectivity index (χ2v) is 3.98. The SMILES string of the molecule is CC(=O)Nc1ccc(NC(C)C(F)F)cc1C. The molecular weight excluding hydrogens is 226 g/mol. The molecule has 0 aliphatic heterocycles. The quantitative estimate of drug-likeness (QED) is 0.852. The van der Waals surface area contributed by atoms with Gasteiger partial charge < -0.3 is 10.6 Å². The van der Waals surface area contributed by atoms with Crippen LogP contribution in [-0.2, 0) is 4.79 Å². The highest BCUT2D eigenvalue weighted by molar-refractivity contribution is 5.89. The van der Waals surface area contributed by atoms with Crippen molar-refractivity contribution in [2.75, 3.05) is 10.6 Å². The van der Waals surface area contributed by atoms with Crippen LogP contribution in [0.5, 0.6) is 0 Å². The molecule has 2 N–H and O–H groups in total. The van der Waals surface area contributed by atoms with E-state index in [1.807, 2.05) is 6.92 Å². The molecule has 0 aromatic heterocycles. The first kappa shape index (κ1) is 13.4. The van der Waals surface area contributed by atoms with Crippen molar-refractivity contribution in [2.24, 2.45) is 0 Å². The molecule has 0 spiro atoms. The third kappa shape index (κ3) is 4.01. The Morgan fingerprint density at radius 2 is 2.00 bits per heavy atom. The van der Waals surface area contributed by atoms with E-state index in [-0.39, 0.29) is 5.91 Å². The van der Waals surface area contributed by atoms with Crippen molar-refractivity contribution >= 4 is 17.3 Å². The van der Waals surface area contributed by atoms with Gasteiger partial charge in [0.2, 0.25) is 5.91 Å². The summed E-state index contributed by atoms with van der Waals surface area (Å²) in [4.78, 5) is 10.9. The van der Waals surface area contributed by atoms with E-state index < -0.39 is 12.5 Å². The molecule has 0 heterocycles. The molecular formula is C12H16F2N2O. The predicted octanol–water partition coefficient (Wildman–Crippen LogP) is 3.02. The molecule has 0 radical (unpaired) electrons. The molecule has 0 aliphatic carbocycles. The minimum Gasteiger partial charge on any atom is -0.377 e. The molecule has 1 unspecified atom stereocenters. The molecule has 1 rings (SSSR count). The highest BCUT2D eigenvalue weighted by Gasteiger charge is 2.14. The average molecular weight is 242 g/mol. The Kier molecular flexibility index (Phi) is 4.43. The number of hydrogen-bond acceptors (Lipinski definition) is 2. The van der Waals surface area contributed by atoms with Gasteiger partial charge in [0.25, 0.3) is 6.43 Å². The van der Waals surface area contributed by atoms with Crippen molar-refractivity contribution in [3.8, 4) is 0 Å². The lowest BCUT2D eigenvalue weighted by Crippen LogP contribution is -2.23. The molecule has 17 heavy (non-hydrogen) atoms. The summed E-state index contributed by atoms with van der Waals surface area (Å²) < 4.78 is 24.7. The normalized spacial score (nSPS) is 12.4. The number of aryl methyl sites for hydroxylation is 1. The Morgan fingerprint density at radius 3 is 2.47 bits per heavy atom. The van der Waals surface area contributed by atoms with Gasteiger partial charge in [0.1, 0.15) is 0 Å². The number of anilines is 2. The van der Waals surface area contributed by atoms with Gasteiger partial charge in [0, 0.05) is 18.3 Å².